The molecule has 0 unspecified atom stereocenters. The van der Waals surface area contributed by atoms with Crippen LogP contribution in [0.15, 0.2) is 0 Å². The summed E-state index contributed by atoms with van der Waals surface area (Å²) in [4.78, 5) is 24.7. The maximum absolute atomic E-state index is 12.6. The van der Waals surface area contributed by atoms with Crippen LogP contribution in [-0.2, 0) is 9.59 Å². The molecule has 0 aromatic rings. The molecular formula is C20H30O3. The van der Waals surface area contributed by atoms with Crippen LogP contribution in [0.2, 0.25) is 0 Å². The van der Waals surface area contributed by atoms with Gasteiger partial charge in [-0.15, -0.1) is 0 Å². The van der Waals surface area contributed by atoms with Crippen molar-refractivity contribution < 1.29 is 14.7 Å². The molecule has 128 valence electrons. The number of aliphatic carboxylic acids is 1. The first-order valence-electron chi connectivity index (χ1n) is 9.43. The number of carbonyl (C=O) groups is 2. The standard InChI is InChI=1S/C20H30O3/c1-17-9-5-14-18(2)7-4-8-19(3,16(22)23)13(18)6-10-20(14,12-17)11-15(17)21/h13-14H,4-12H2,1-3H3,(H,22,23)/t13-,14-,17-,18+,19-,20+/m1/s1. The van der Waals surface area contributed by atoms with E-state index in [0.717, 1.165) is 57.8 Å². The van der Waals surface area contributed by atoms with E-state index < -0.39 is 11.4 Å². The van der Waals surface area contributed by atoms with Crippen LogP contribution in [0.4, 0.5) is 0 Å². The normalized spacial score (nSPS) is 55.2. The van der Waals surface area contributed by atoms with Gasteiger partial charge in [-0.1, -0.05) is 20.3 Å². The average Bonchev–Trinajstić information content (AvgIpc) is 2.63. The minimum absolute atomic E-state index is 0.0789. The van der Waals surface area contributed by atoms with Crippen LogP contribution < -0.4 is 0 Å². The van der Waals surface area contributed by atoms with Crippen molar-refractivity contribution in [2.75, 3.05) is 0 Å². The van der Waals surface area contributed by atoms with E-state index in [1.165, 1.54) is 0 Å². The molecule has 0 amide bonds. The van der Waals surface area contributed by atoms with Gasteiger partial charge in [0.1, 0.15) is 5.78 Å². The Balaban J connectivity index is 1.76. The van der Waals surface area contributed by atoms with Gasteiger partial charge in [0.15, 0.2) is 0 Å². The van der Waals surface area contributed by atoms with Gasteiger partial charge in [-0.25, -0.2) is 0 Å². The largest absolute Gasteiger partial charge is 0.481 e. The third kappa shape index (κ3) is 1.77. The van der Waals surface area contributed by atoms with Crippen molar-refractivity contribution in [3.8, 4) is 0 Å². The molecule has 4 fully saturated rings. The molecule has 3 heteroatoms. The van der Waals surface area contributed by atoms with Crippen LogP contribution >= 0.6 is 0 Å². The van der Waals surface area contributed by atoms with Crippen molar-refractivity contribution in [3.05, 3.63) is 0 Å². The molecule has 4 rings (SSSR count). The number of ketones is 1. The second-order valence-electron chi connectivity index (χ2n) is 9.96. The van der Waals surface area contributed by atoms with Crippen LogP contribution in [0.3, 0.4) is 0 Å². The summed E-state index contributed by atoms with van der Waals surface area (Å²) in [6, 6.07) is 0. The Hall–Kier alpha value is -0.860. The van der Waals surface area contributed by atoms with Gasteiger partial charge >= 0.3 is 5.97 Å². The number of hydrogen-bond acceptors (Lipinski definition) is 2. The zero-order valence-electron chi connectivity index (χ0n) is 14.8. The molecule has 4 aliphatic rings. The quantitative estimate of drug-likeness (QED) is 0.777. The monoisotopic (exact) mass is 318 g/mol. The summed E-state index contributed by atoms with van der Waals surface area (Å²) in [5.41, 5.74) is -0.357. The smallest absolute Gasteiger partial charge is 0.309 e. The summed E-state index contributed by atoms with van der Waals surface area (Å²) in [7, 11) is 0. The fourth-order valence-electron chi connectivity index (χ4n) is 7.76. The van der Waals surface area contributed by atoms with E-state index >= 15 is 0 Å². The molecule has 23 heavy (non-hydrogen) atoms. The van der Waals surface area contributed by atoms with Gasteiger partial charge in [-0.3, -0.25) is 9.59 Å². The van der Waals surface area contributed by atoms with Gasteiger partial charge in [-0.05, 0) is 74.5 Å². The van der Waals surface area contributed by atoms with Crippen molar-refractivity contribution >= 4 is 11.8 Å². The van der Waals surface area contributed by atoms with Gasteiger partial charge in [0.2, 0.25) is 0 Å². The molecule has 3 nitrogen and oxygen atoms in total. The Bertz CT molecular complexity index is 583. The molecule has 0 aromatic heterocycles. The topological polar surface area (TPSA) is 54.4 Å². The van der Waals surface area contributed by atoms with Crippen LogP contribution in [-0.4, -0.2) is 16.9 Å². The summed E-state index contributed by atoms with van der Waals surface area (Å²) in [5.74, 6) is 0.704. The highest BCUT2D eigenvalue weighted by atomic mass is 16.4. The minimum atomic E-state index is -0.604. The predicted molar refractivity (Wildman–Crippen MR) is 87.9 cm³/mol. The van der Waals surface area contributed by atoms with E-state index in [9.17, 15) is 14.7 Å². The lowest BCUT2D eigenvalue weighted by Crippen LogP contribution is -2.58. The number of carboxylic acid groups (broad SMARTS) is 1. The average molecular weight is 318 g/mol. The fraction of sp³-hybridized carbons (Fsp3) is 0.900. The first-order chi connectivity index (χ1) is 10.7. The zero-order valence-corrected chi connectivity index (χ0v) is 14.8. The van der Waals surface area contributed by atoms with E-state index in [0.29, 0.717) is 11.7 Å². The number of carboxylic acids is 1. The van der Waals surface area contributed by atoms with Gasteiger partial charge in [0.25, 0.3) is 0 Å². The third-order valence-corrected chi connectivity index (χ3v) is 8.84. The van der Waals surface area contributed by atoms with Crippen LogP contribution in [0.1, 0.15) is 78.6 Å². The number of hydrogen-bond donors (Lipinski definition) is 1. The molecule has 0 aliphatic heterocycles. The number of fused-ring (bicyclic) bond motifs is 3. The van der Waals surface area contributed by atoms with Gasteiger partial charge in [0.05, 0.1) is 5.41 Å². The van der Waals surface area contributed by atoms with Crippen molar-refractivity contribution in [2.45, 2.75) is 78.6 Å². The Labute approximate surface area is 139 Å². The highest BCUT2D eigenvalue weighted by molar-refractivity contribution is 5.88. The minimum Gasteiger partial charge on any atom is -0.481 e. The molecule has 1 spiro atoms. The summed E-state index contributed by atoms with van der Waals surface area (Å²) in [6.45, 7) is 6.54. The van der Waals surface area contributed by atoms with E-state index in [2.05, 4.69) is 13.8 Å². The lowest BCUT2D eigenvalue weighted by molar-refractivity contribution is -0.182. The van der Waals surface area contributed by atoms with Crippen molar-refractivity contribution in [1.82, 2.24) is 0 Å². The van der Waals surface area contributed by atoms with E-state index in [4.69, 9.17) is 0 Å². The van der Waals surface area contributed by atoms with E-state index in [1.54, 1.807) is 0 Å². The summed E-state index contributed by atoms with van der Waals surface area (Å²) in [6.07, 6.45) is 9.04. The molecule has 0 saturated heterocycles. The number of carbonyl (C=O) groups excluding carboxylic acids is 1. The van der Waals surface area contributed by atoms with E-state index in [1.807, 2.05) is 6.92 Å². The molecule has 1 N–H and O–H groups in total. The first-order valence-corrected chi connectivity index (χ1v) is 9.43. The van der Waals surface area contributed by atoms with Crippen LogP contribution in [0, 0.1) is 33.5 Å². The molecular weight excluding hydrogens is 288 g/mol. The lowest BCUT2D eigenvalue weighted by atomic mass is 9.40. The highest BCUT2D eigenvalue weighted by Crippen LogP contribution is 2.72. The second-order valence-corrected chi connectivity index (χ2v) is 9.96. The second kappa shape index (κ2) is 4.40. The Kier molecular flexibility index (Phi) is 3.00. The van der Waals surface area contributed by atoms with Crippen LogP contribution in [0.25, 0.3) is 0 Å². The molecule has 0 aromatic carbocycles. The molecule has 4 saturated carbocycles. The number of rotatable bonds is 1. The first kappa shape index (κ1) is 15.7. The predicted octanol–water partition coefficient (Wildman–Crippen LogP) is 4.44. The molecule has 0 radical (unpaired) electrons. The molecule has 2 bridgehead atoms. The van der Waals surface area contributed by atoms with Gasteiger partial charge in [0, 0.05) is 11.8 Å². The molecule has 0 heterocycles. The van der Waals surface area contributed by atoms with Gasteiger partial charge in [-0.2, -0.15) is 0 Å². The van der Waals surface area contributed by atoms with Crippen molar-refractivity contribution in [2.24, 2.45) is 33.5 Å². The van der Waals surface area contributed by atoms with Crippen LogP contribution in [0.5, 0.6) is 0 Å². The maximum Gasteiger partial charge on any atom is 0.309 e. The summed E-state index contributed by atoms with van der Waals surface area (Å²) in [5, 5.41) is 9.91. The zero-order chi connectivity index (χ0) is 16.7. The summed E-state index contributed by atoms with van der Waals surface area (Å²) >= 11 is 0. The van der Waals surface area contributed by atoms with Crippen molar-refractivity contribution in [1.29, 1.82) is 0 Å². The highest BCUT2D eigenvalue weighted by Gasteiger charge is 2.68. The maximum atomic E-state index is 12.6. The third-order valence-electron chi connectivity index (χ3n) is 8.84. The number of Topliss-reactive ketones (excluding diaryl/α,β-unsaturated/α-hetero) is 1. The Morgan fingerprint density at radius 3 is 2.43 bits per heavy atom. The molecule has 4 aliphatic carbocycles. The lowest BCUT2D eigenvalue weighted by Gasteiger charge is -2.63. The Morgan fingerprint density at radius 1 is 1.04 bits per heavy atom. The van der Waals surface area contributed by atoms with Crippen molar-refractivity contribution in [3.63, 3.8) is 0 Å². The van der Waals surface area contributed by atoms with Gasteiger partial charge < -0.3 is 5.11 Å². The summed E-state index contributed by atoms with van der Waals surface area (Å²) < 4.78 is 0. The SMILES string of the molecule is C[C@]12CC[C@H]3[C@@](CC[C@@H]4[C@]3(C)CCC[C@@]4(C)C(=O)O)(CC1=O)C2. The fourth-order valence-corrected chi connectivity index (χ4v) is 7.76. The Morgan fingerprint density at radius 2 is 1.74 bits per heavy atom. The molecule has 6 atom stereocenters. The van der Waals surface area contributed by atoms with E-state index in [-0.39, 0.29) is 22.2 Å².